The maximum Gasteiger partial charge on any atom is 0.341 e. The number of esters is 1. The van der Waals surface area contributed by atoms with Gasteiger partial charge in [-0.3, -0.25) is 4.79 Å². The van der Waals surface area contributed by atoms with Gasteiger partial charge in [0.05, 0.1) is 12.3 Å². The van der Waals surface area contributed by atoms with E-state index in [4.69, 9.17) is 4.74 Å². The van der Waals surface area contributed by atoms with Crippen LogP contribution in [-0.2, 0) is 4.74 Å². The van der Waals surface area contributed by atoms with Gasteiger partial charge in [0, 0.05) is 28.5 Å². The van der Waals surface area contributed by atoms with Gasteiger partial charge in [-0.05, 0) is 56.7 Å². The summed E-state index contributed by atoms with van der Waals surface area (Å²) in [5.74, 6) is -0.436. The van der Waals surface area contributed by atoms with Gasteiger partial charge in [0.1, 0.15) is 5.56 Å². The first-order chi connectivity index (χ1) is 13.0. The molecule has 7 heteroatoms. The summed E-state index contributed by atoms with van der Waals surface area (Å²) in [5.41, 5.74) is 3.69. The zero-order valence-electron chi connectivity index (χ0n) is 16.0. The number of ketones is 1. The molecule has 0 saturated carbocycles. The molecule has 3 aromatic rings. The Bertz CT molecular complexity index is 1000. The summed E-state index contributed by atoms with van der Waals surface area (Å²) in [6.45, 7) is 5.69. The summed E-state index contributed by atoms with van der Waals surface area (Å²) >= 11 is 0. The van der Waals surface area contributed by atoms with Gasteiger partial charge < -0.3 is 10.1 Å². The Labute approximate surface area is 169 Å². The minimum absolute atomic E-state index is 0. The third-order valence-electron chi connectivity index (χ3n) is 4.09. The molecular formula is C21H22ClN3O3. The van der Waals surface area contributed by atoms with Crippen LogP contribution in [0, 0.1) is 6.92 Å². The van der Waals surface area contributed by atoms with Crippen LogP contribution in [0.25, 0.3) is 11.0 Å². The third-order valence-corrected chi connectivity index (χ3v) is 4.09. The molecule has 0 amide bonds. The number of benzene rings is 1. The van der Waals surface area contributed by atoms with Gasteiger partial charge in [0.15, 0.2) is 11.4 Å². The highest BCUT2D eigenvalue weighted by atomic mass is 35.5. The summed E-state index contributed by atoms with van der Waals surface area (Å²) in [4.78, 5) is 32.7. The number of hydrogen-bond donors (Lipinski definition) is 1. The predicted octanol–water partition coefficient (Wildman–Crippen LogP) is 4.87. The normalized spacial score (nSPS) is 10.2. The number of carbonyl (C=O) groups is 2. The topological polar surface area (TPSA) is 81.2 Å². The van der Waals surface area contributed by atoms with E-state index in [-0.39, 0.29) is 18.2 Å². The second-order valence-electron chi connectivity index (χ2n) is 6.27. The van der Waals surface area contributed by atoms with Crippen molar-refractivity contribution >= 4 is 46.6 Å². The van der Waals surface area contributed by atoms with E-state index in [0.717, 1.165) is 23.2 Å². The fourth-order valence-corrected chi connectivity index (χ4v) is 2.67. The molecule has 0 aliphatic rings. The molecule has 0 bridgehead atoms. The second-order valence-corrected chi connectivity index (χ2v) is 6.27. The molecule has 3 rings (SSSR count). The minimum atomic E-state index is -0.435. The summed E-state index contributed by atoms with van der Waals surface area (Å²) in [6.07, 6.45) is 2.22. The van der Waals surface area contributed by atoms with E-state index in [0.29, 0.717) is 29.1 Å². The van der Waals surface area contributed by atoms with Crippen molar-refractivity contribution in [2.45, 2.75) is 27.2 Å². The van der Waals surface area contributed by atoms with Crippen LogP contribution in [0.1, 0.15) is 46.7 Å². The molecule has 0 saturated heterocycles. The molecule has 0 radical (unpaired) electrons. The Morgan fingerprint density at radius 2 is 1.82 bits per heavy atom. The highest BCUT2D eigenvalue weighted by Crippen LogP contribution is 2.29. The highest BCUT2D eigenvalue weighted by molar-refractivity contribution is 6.05. The SMILES string of the molecule is CCCOC(=O)c1cnc2nc(C)ccc2c1Nc1ccc(C(C)=O)cc1.Cl. The van der Waals surface area contributed by atoms with Gasteiger partial charge >= 0.3 is 5.97 Å². The van der Waals surface area contributed by atoms with Crippen molar-refractivity contribution in [2.24, 2.45) is 0 Å². The van der Waals surface area contributed by atoms with E-state index in [9.17, 15) is 9.59 Å². The van der Waals surface area contributed by atoms with Crippen molar-refractivity contribution in [3.05, 3.63) is 59.4 Å². The molecule has 0 atom stereocenters. The van der Waals surface area contributed by atoms with Crippen LogP contribution in [0.3, 0.4) is 0 Å². The second kappa shape index (κ2) is 9.28. The van der Waals surface area contributed by atoms with Crippen LogP contribution in [0.4, 0.5) is 11.4 Å². The average Bonchev–Trinajstić information content (AvgIpc) is 2.66. The van der Waals surface area contributed by atoms with E-state index in [1.54, 1.807) is 24.3 Å². The molecule has 1 N–H and O–H groups in total. The van der Waals surface area contributed by atoms with Gasteiger partial charge in [-0.25, -0.2) is 14.8 Å². The molecule has 0 fully saturated rings. The molecule has 0 aliphatic carbocycles. The predicted molar refractivity (Wildman–Crippen MR) is 112 cm³/mol. The van der Waals surface area contributed by atoms with Crippen LogP contribution in [0.15, 0.2) is 42.6 Å². The summed E-state index contributed by atoms with van der Waals surface area (Å²) in [7, 11) is 0. The third kappa shape index (κ3) is 4.64. The van der Waals surface area contributed by atoms with Crippen molar-refractivity contribution in [1.82, 2.24) is 9.97 Å². The molecule has 0 spiro atoms. The van der Waals surface area contributed by atoms with Crippen LogP contribution in [0.5, 0.6) is 0 Å². The maximum absolute atomic E-state index is 12.5. The fourth-order valence-electron chi connectivity index (χ4n) is 2.67. The Morgan fingerprint density at radius 3 is 2.46 bits per heavy atom. The lowest BCUT2D eigenvalue weighted by atomic mass is 10.1. The number of rotatable bonds is 6. The summed E-state index contributed by atoms with van der Waals surface area (Å²) < 4.78 is 5.29. The number of hydrogen-bond acceptors (Lipinski definition) is 6. The Kier molecular flexibility index (Phi) is 7.06. The number of pyridine rings is 2. The highest BCUT2D eigenvalue weighted by Gasteiger charge is 2.18. The van der Waals surface area contributed by atoms with E-state index < -0.39 is 5.97 Å². The molecule has 6 nitrogen and oxygen atoms in total. The number of anilines is 2. The number of nitrogens with one attached hydrogen (secondary N) is 1. The molecule has 1 aromatic carbocycles. The Morgan fingerprint density at radius 1 is 1.11 bits per heavy atom. The van der Waals surface area contributed by atoms with Gasteiger partial charge in [0.25, 0.3) is 0 Å². The smallest absolute Gasteiger partial charge is 0.341 e. The van der Waals surface area contributed by atoms with Crippen LogP contribution in [-0.4, -0.2) is 28.3 Å². The number of aryl methyl sites for hydroxylation is 1. The molecule has 0 unspecified atom stereocenters. The lowest BCUT2D eigenvalue weighted by Crippen LogP contribution is -2.10. The molecule has 2 heterocycles. The van der Waals surface area contributed by atoms with Crippen LogP contribution >= 0.6 is 12.4 Å². The minimum Gasteiger partial charge on any atom is -0.462 e. The quantitative estimate of drug-likeness (QED) is 0.470. The van der Waals surface area contributed by atoms with Gasteiger partial charge in [0.2, 0.25) is 0 Å². The fraction of sp³-hybridized carbons (Fsp3) is 0.238. The first-order valence-corrected chi connectivity index (χ1v) is 8.81. The average molecular weight is 400 g/mol. The number of Topliss-reactive ketones (excluding diaryl/α,β-unsaturated/α-hetero) is 1. The maximum atomic E-state index is 12.5. The van der Waals surface area contributed by atoms with E-state index >= 15 is 0 Å². The number of aromatic nitrogens is 2. The first kappa shape index (κ1) is 21.3. The number of nitrogens with zero attached hydrogens (tertiary/aromatic N) is 2. The standard InChI is InChI=1S/C21H21N3O3.ClH/c1-4-11-27-21(26)18-12-22-20-17(10-5-13(2)23-20)19(18)24-16-8-6-15(7-9-16)14(3)25;/h5-10,12H,4,11H2,1-3H3,(H,22,23,24);1H. The van der Waals surface area contributed by atoms with Gasteiger partial charge in [-0.15, -0.1) is 12.4 Å². The first-order valence-electron chi connectivity index (χ1n) is 8.81. The van der Waals surface area contributed by atoms with E-state index in [2.05, 4.69) is 15.3 Å². The lowest BCUT2D eigenvalue weighted by molar-refractivity contribution is 0.0506. The Hall–Kier alpha value is -2.99. The molecule has 146 valence electrons. The molecular weight excluding hydrogens is 378 g/mol. The zero-order chi connectivity index (χ0) is 19.4. The van der Waals surface area contributed by atoms with E-state index in [1.165, 1.54) is 13.1 Å². The monoisotopic (exact) mass is 399 g/mol. The van der Waals surface area contributed by atoms with Crippen molar-refractivity contribution in [1.29, 1.82) is 0 Å². The van der Waals surface area contributed by atoms with Gasteiger partial charge in [-0.1, -0.05) is 6.92 Å². The van der Waals surface area contributed by atoms with Crippen molar-refractivity contribution in [3.8, 4) is 0 Å². The van der Waals surface area contributed by atoms with Crippen LogP contribution < -0.4 is 5.32 Å². The number of carbonyl (C=O) groups excluding carboxylic acids is 2. The number of ether oxygens (including phenoxy) is 1. The molecule has 0 aliphatic heterocycles. The van der Waals surface area contributed by atoms with Crippen LogP contribution in [0.2, 0.25) is 0 Å². The summed E-state index contributed by atoms with van der Waals surface area (Å²) in [5, 5.41) is 3.99. The largest absolute Gasteiger partial charge is 0.462 e. The summed E-state index contributed by atoms with van der Waals surface area (Å²) in [6, 6.07) is 10.8. The number of fused-ring (bicyclic) bond motifs is 1. The van der Waals surface area contributed by atoms with Crippen molar-refractivity contribution in [3.63, 3.8) is 0 Å². The number of halogens is 1. The zero-order valence-corrected chi connectivity index (χ0v) is 16.8. The molecule has 28 heavy (non-hydrogen) atoms. The lowest BCUT2D eigenvalue weighted by Gasteiger charge is -2.14. The van der Waals surface area contributed by atoms with E-state index in [1.807, 2.05) is 26.0 Å². The van der Waals surface area contributed by atoms with Crippen molar-refractivity contribution in [2.75, 3.05) is 11.9 Å². The molecule has 2 aromatic heterocycles. The Balaban J connectivity index is 0.00000280. The van der Waals surface area contributed by atoms with Gasteiger partial charge in [-0.2, -0.15) is 0 Å². The van der Waals surface area contributed by atoms with Crippen molar-refractivity contribution < 1.29 is 14.3 Å².